The molecule has 0 radical (unpaired) electrons. The predicted molar refractivity (Wildman–Crippen MR) is 173 cm³/mol. The van der Waals surface area contributed by atoms with E-state index in [0.29, 0.717) is 16.0 Å². The highest BCUT2D eigenvalue weighted by molar-refractivity contribution is 7.89. The highest BCUT2D eigenvalue weighted by Gasteiger charge is 2.47. The van der Waals surface area contributed by atoms with E-state index in [0.717, 1.165) is 16.5 Å². The van der Waals surface area contributed by atoms with Gasteiger partial charge in [-0.25, -0.2) is 13.2 Å². The largest absolute Gasteiger partial charge is 0.471 e. The van der Waals surface area contributed by atoms with Crippen LogP contribution in [0.25, 0.3) is 0 Å². The first-order chi connectivity index (χ1) is 23.5. The molecule has 50 heavy (non-hydrogen) atoms. The number of nitrogens with one attached hydrogen (secondary N) is 1. The lowest BCUT2D eigenvalue weighted by Gasteiger charge is -2.38. The van der Waals surface area contributed by atoms with Crippen molar-refractivity contribution in [2.45, 2.75) is 68.7 Å². The molecular weight excluding hydrogens is 679 g/mol. The number of fused-ring (bicyclic) bond motifs is 1. The first kappa shape index (κ1) is 38.1. The molecule has 16 heteroatoms. The van der Waals surface area contributed by atoms with Crippen molar-refractivity contribution in [1.29, 1.82) is 5.26 Å². The maximum Gasteiger partial charge on any atom is 0.471 e. The SMILES string of the molecule is CCOC(=O)[C@H]1CC(C)=CCN1C(=O)[C@H](Cc1cccc(C#N)c1)NS(=O)(=O)c1ccc2c(c1)[C@@H](CC(=O)N(C)C)N(C(=O)C(F)(F)F)CC2. The van der Waals surface area contributed by atoms with Crippen molar-refractivity contribution in [2.24, 2.45) is 0 Å². The van der Waals surface area contributed by atoms with Crippen LogP contribution >= 0.6 is 0 Å². The summed E-state index contributed by atoms with van der Waals surface area (Å²) in [6.07, 6.45) is -4.11. The number of esters is 1. The zero-order valence-corrected chi connectivity index (χ0v) is 28.8. The summed E-state index contributed by atoms with van der Waals surface area (Å²) in [6, 6.07) is 8.03. The minimum atomic E-state index is -5.23. The number of hydrogen-bond donors (Lipinski definition) is 1. The number of halogens is 3. The van der Waals surface area contributed by atoms with Gasteiger partial charge in [0, 0.05) is 27.2 Å². The Morgan fingerprint density at radius 3 is 2.48 bits per heavy atom. The second-order valence-electron chi connectivity index (χ2n) is 12.3. The van der Waals surface area contributed by atoms with Gasteiger partial charge in [0.25, 0.3) is 0 Å². The third-order valence-electron chi connectivity index (χ3n) is 8.62. The van der Waals surface area contributed by atoms with Gasteiger partial charge in [-0.15, -0.1) is 0 Å². The summed E-state index contributed by atoms with van der Waals surface area (Å²) in [4.78, 5) is 54.8. The highest BCUT2D eigenvalue weighted by Crippen LogP contribution is 2.37. The Kier molecular flexibility index (Phi) is 11.7. The van der Waals surface area contributed by atoms with Crippen LogP contribution in [0.4, 0.5) is 13.2 Å². The molecule has 0 aromatic heterocycles. The van der Waals surface area contributed by atoms with Crippen molar-refractivity contribution in [3.05, 3.63) is 76.4 Å². The van der Waals surface area contributed by atoms with Crippen LogP contribution in [0.2, 0.25) is 0 Å². The molecule has 0 bridgehead atoms. The standard InChI is InChI=1S/C34H38F3N5O7S/c1-5-49-32(45)29-15-21(2)11-13-41(29)31(44)27(17-22-7-6-8-23(16-22)20-38)39-50(47,48)25-10-9-24-12-14-42(33(46)34(35,36)37)28(26(24)18-25)19-30(43)40(3)4/h6-11,16,18,27-29,39H,5,12-15,17,19H2,1-4H3/t27-,28+,29+/m0/s1. The van der Waals surface area contributed by atoms with Crippen LogP contribution in [-0.2, 0) is 46.8 Å². The van der Waals surface area contributed by atoms with E-state index in [-0.39, 0.29) is 50.1 Å². The number of nitrogens with zero attached hydrogens (tertiary/aromatic N) is 4. The van der Waals surface area contributed by atoms with Crippen molar-refractivity contribution in [1.82, 2.24) is 19.4 Å². The molecule has 2 aliphatic heterocycles. The lowest BCUT2D eigenvalue weighted by molar-refractivity contribution is -0.188. The van der Waals surface area contributed by atoms with Crippen LogP contribution in [0, 0.1) is 11.3 Å². The Morgan fingerprint density at radius 1 is 1.12 bits per heavy atom. The smallest absolute Gasteiger partial charge is 0.464 e. The van der Waals surface area contributed by atoms with Gasteiger partial charge in [0.1, 0.15) is 12.1 Å². The summed E-state index contributed by atoms with van der Waals surface area (Å²) < 4.78 is 76.5. The van der Waals surface area contributed by atoms with Crippen LogP contribution < -0.4 is 4.72 Å². The first-order valence-corrected chi connectivity index (χ1v) is 17.3. The number of alkyl halides is 3. The zero-order chi connectivity index (χ0) is 37.0. The minimum absolute atomic E-state index is 0.00585. The van der Waals surface area contributed by atoms with E-state index in [1.807, 2.05) is 6.07 Å². The van der Waals surface area contributed by atoms with E-state index in [1.165, 1.54) is 43.3 Å². The molecule has 2 aromatic rings. The Bertz CT molecular complexity index is 1840. The maximum atomic E-state index is 14.2. The average molecular weight is 718 g/mol. The molecule has 2 aromatic carbocycles. The van der Waals surface area contributed by atoms with E-state index >= 15 is 0 Å². The van der Waals surface area contributed by atoms with Crippen LogP contribution in [0.3, 0.4) is 0 Å². The van der Waals surface area contributed by atoms with Crippen molar-refractivity contribution in [3.8, 4) is 6.07 Å². The van der Waals surface area contributed by atoms with Gasteiger partial charge in [0.15, 0.2) is 0 Å². The molecule has 2 aliphatic rings. The van der Waals surface area contributed by atoms with E-state index in [1.54, 1.807) is 32.1 Å². The molecule has 0 fully saturated rings. The fourth-order valence-electron chi connectivity index (χ4n) is 6.03. The van der Waals surface area contributed by atoms with Crippen molar-refractivity contribution in [3.63, 3.8) is 0 Å². The third-order valence-corrected chi connectivity index (χ3v) is 10.1. The number of hydrogen-bond acceptors (Lipinski definition) is 8. The highest BCUT2D eigenvalue weighted by atomic mass is 32.2. The number of sulfonamides is 1. The Balaban J connectivity index is 1.76. The summed E-state index contributed by atoms with van der Waals surface area (Å²) in [7, 11) is -1.81. The lowest BCUT2D eigenvalue weighted by Crippen LogP contribution is -2.56. The van der Waals surface area contributed by atoms with E-state index < -0.39 is 69.3 Å². The number of amides is 3. The average Bonchev–Trinajstić information content (AvgIpc) is 3.06. The van der Waals surface area contributed by atoms with E-state index in [2.05, 4.69) is 4.72 Å². The molecule has 0 spiro atoms. The molecule has 0 saturated carbocycles. The molecule has 268 valence electrons. The van der Waals surface area contributed by atoms with E-state index in [9.17, 15) is 46.0 Å². The number of carbonyl (C=O) groups is 4. The van der Waals surface area contributed by atoms with Crippen LogP contribution in [0.15, 0.2) is 59.0 Å². The molecule has 0 unspecified atom stereocenters. The van der Waals surface area contributed by atoms with Crippen molar-refractivity contribution < 1.29 is 45.5 Å². The third kappa shape index (κ3) is 8.69. The van der Waals surface area contributed by atoms with E-state index in [4.69, 9.17) is 4.74 Å². The summed E-state index contributed by atoms with van der Waals surface area (Å²) in [5.74, 6) is -4.14. The van der Waals surface area contributed by atoms with Gasteiger partial charge in [0.2, 0.25) is 21.8 Å². The minimum Gasteiger partial charge on any atom is -0.464 e. The van der Waals surface area contributed by atoms with Gasteiger partial charge >= 0.3 is 18.1 Å². The first-order valence-electron chi connectivity index (χ1n) is 15.8. The molecule has 0 aliphatic carbocycles. The van der Waals surface area contributed by atoms with Crippen LogP contribution in [0.5, 0.6) is 0 Å². The zero-order valence-electron chi connectivity index (χ0n) is 28.0. The van der Waals surface area contributed by atoms with Crippen LogP contribution in [-0.4, -0.2) is 98.9 Å². The fraction of sp³-hybridized carbons (Fsp3) is 0.441. The molecule has 3 amide bonds. The molecule has 4 rings (SSSR count). The number of benzene rings is 2. The van der Waals surface area contributed by atoms with Gasteiger partial charge < -0.3 is 19.4 Å². The number of ether oxygens (including phenoxy) is 1. The Labute approximate surface area is 288 Å². The summed E-state index contributed by atoms with van der Waals surface area (Å²) >= 11 is 0. The lowest BCUT2D eigenvalue weighted by atomic mass is 9.90. The predicted octanol–water partition coefficient (Wildman–Crippen LogP) is 3.02. The van der Waals surface area contributed by atoms with Gasteiger partial charge in [-0.3, -0.25) is 14.4 Å². The number of nitriles is 1. The molecule has 3 atom stereocenters. The fourth-order valence-corrected chi connectivity index (χ4v) is 7.25. The topological polar surface area (TPSA) is 157 Å². The van der Waals surface area contributed by atoms with Crippen molar-refractivity contribution >= 4 is 33.7 Å². The van der Waals surface area contributed by atoms with Gasteiger partial charge in [0.05, 0.1) is 35.6 Å². The van der Waals surface area contributed by atoms with Gasteiger partial charge in [-0.1, -0.05) is 29.8 Å². The molecule has 12 nitrogen and oxygen atoms in total. The summed E-state index contributed by atoms with van der Waals surface area (Å²) in [6.45, 7) is 3.12. The van der Waals surface area contributed by atoms with Crippen molar-refractivity contribution in [2.75, 3.05) is 33.8 Å². The summed E-state index contributed by atoms with van der Waals surface area (Å²) in [5.41, 5.74) is 2.05. The number of rotatable bonds is 10. The monoisotopic (exact) mass is 717 g/mol. The molecule has 2 heterocycles. The maximum absolute atomic E-state index is 14.2. The quantitative estimate of drug-likeness (QED) is 0.291. The van der Waals surface area contributed by atoms with Gasteiger partial charge in [-0.2, -0.15) is 23.2 Å². The van der Waals surface area contributed by atoms with Crippen LogP contribution in [0.1, 0.15) is 55.0 Å². The second-order valence-corrected chi connectivity index (χ2v) is 14.0. The Morgan fingerprint density at radius 2 is 1.84 bits per heavy atom. The van der Waals surface area contributed by atoms with Gasteiger partial charge in [-0.05, 0) is 74.1 Å². The Hall–Kier alpha value is -4.75. The molecule has 0 saturated heterocycles. The second kappa shape index (κ2) is 15.4. The molecule has 1 N–H and O–H groups in total. The summed E-state index contributed by atoms with van der Waals surface area (Å²) in [5, 5.41) is 9.41. The normalized spacial score (nSPS) is 18.3. The number of carbonyl (C=O) groups excluding carboxylic acids is 4. The molecular formula is C34H38F3N5O7S.